The van der Waals surface area contributed by atoms with E-state index >= 15 is 0 Å². The van der Waals surface area contributed by atoms with Crippen molar-refractivity contribution >= 4 is 5.78 Å². The maximum Gasteiger partial charge on any atom is 0.419 e. The van der Waals surface area contributed by atoms with Gasteiger partial charge in [0.2, 0.25) is 0 Å². The van der Waals surface area contributed by atoms with Crippen LogP contribution in [0.5, 0.6) is 0 Å². The number of hydrogen-bond acceptors (Lipinski definition) is 1. The maximum absolute atomic E-state index is 13.4. The van der Waals surface area contributed by atoms with Crippen molar-refractivity contribution < 1.29 is 22.4 Å². The van der Waals surface area contributed by atoms with Gasteiger partial charge in [0.05, 0.1) is 5.56 Å². The summed E-state index contributed by atoms with van der Waals surface area (Å²) in [7, 11) is 0. The Kier molecular flexibility index (Phi) is 4.45. The molecule has 0 spiro atoms. The predicted molar refractivity (Wildman–Crippen MR) is 66.9 cm³/mol. The lowest BCUT2D eigenvalue weighted by Crippen LogP contribution is -2.13. The van der Waals surface area contributed by atoms with Crippen molar-refractivity contribution in [2.45, 2.75) is 44.7 Å². The lowest BCUT2D eigenvalue weighted by atomic mass is 9.84. The number of halogens is 4. The molecule has 110 valence electrons. The van der Waals surface area contributed by atoms with Gasteiger partial charge in [0.15, 0.2) is 5.78 Å². The second-order valence-electron chi connectivity index (χ2n) is 5.32. The Morgan fingerprint density at radius 3 is 2.35 bits per heavy atom. The third-order valence-electron chi connectivity index (χ3n) is 3.80. The minimum absolute atomic E-state index is 0.0288. The number of rotatable bonds is 3. The van der Waals surface area contributed by atoms with E-state index in [4.69, 9.17) is 0 Å². The molecule has 5 heteroatoms. The van der Waals surface area contributed by atoms with Crippen LogP contribution in [0.1, 0.15) is 54.4 Å². The molecule has 1 aromatic rings. The van der Waals surface area contributed by atoms with Gasteiger partial charge in [-0.25, -0.2) is 4.39 Å². The lowest BCUT2D eigenvalue weighted by Gasteiger charge is -2.20. The first kappa shape index (κ1) is 15.0. The molecule has 20 heavy (non-hydrogen) atoms. The van der Waals surface area contributed by atoms with Gasteiger partial charge in [-0.1, -0.05) is 38.2 Å². The molecule has 0 unspecified atom stereocenters. The Morgan fingerprint density at radius 2 is 1.80 bits per heavy atom. The van der Waals surface area contributed by atoms with E-state index < -0.39 is 17.6 Å². The normalized spacial score (nSPS) is 17.2. The highest BCUT2D eigenvalue weighted by molar-refractivity contribution is 5.96. The first-order valence-electron chi connectivity index (χ1n) is 6.78. The Balaban J connectivity index is 2.09. The monoisotopic (exact) mass is 288 g/mol. The molecule has 1 aromatic carbocycles. The predicted octanol–water partition coefficient (Wildman–Crippen LogP) is 5.00. The van der Waals surface area contributed by atoms with E-state index in [1.807, 2.05) is 0 Å². The fourth-order valence-corrected chi connectivity index (χ4v) is 2.69. The smallest absolute Gasteiger partial charge is 0.294 e. The molecule has 1 nitrogen and oxygen atoms in total. The van der Waals surface area contributed by atoms with Crippen molar-refractivity contribution in [3.63, 3.8) is 0 Å². The third-order valence-corrected chi connectivity index (χ3v) is 3.80. The molecular formula is C15H16F4O. The summed E-state index contributed by atoms with van der Waals surface area (Å²) >= 11 is 0. The number of alkyl halides is 3. The Hall–Kier alpha value is -1.39. The van der Waals surface area contributed by atoms with Gasteiger partial charge in [0, 0.05) is 12.0 Å². The Bertz CT molecular complexity index is 487. The van der Waals surface area contributed by atoms with Crippen LogP contribution in [0.2, 0.25) is 0 Å². The van der Waals surface area contributed by atoms with Crippen LogP contribution in [-0.4, -0.2) is 5.78 Å². The highest BCUT2D eigenvalue weighted by Gasteiger charge is 2.34. The van der Waals surface area contributed by atoms with E-state index in [2.05, 4.69) is 0 Å². The zero-order valence-electron chi connectivity index (χ0n) is 11.0. The average molecular weight is 288 g/mol. The van der Waals surface area contributed by atoms with E-state index in [-0.39, 0.29) is 17.3 Å². The molecule has 1 saturated carbocycles. The fourth-order valence-electron chi connectivity index (χ4n) is 2.69. The fraction of sp³-hybridized carbons (Fsp3) is 0.533. The van der Waals surface area contributed by atoms with Crippen molar-refractivity contribution in [1.82, 2.24) is 0 Å². The van der Waals surface area contributed by atoms with Crippen molar-refractivity contribution in [2.75, 3.05) is 0 Å². The van der Waals surface area contributed by atoms with Gasteiger partial charge in [-0.2, -0.15) is 13.2 Å². The molecule has 2 rings (SSSR count). The Morgan fingerprint density at radius 1 is 1.15 bits per heavy atom. The van der Waals surface area contributed by atoms with E-state index in [0.29, 0.717) is 18.6 Å². The van der Waals surface area contributed by atoms with Crippen molar-refractivity contribution in [1.29, 1.82) is 0 Å². The molecule has 0 heterocycles. The van der Waals surface area contributed by atoms with Crippen LogP contribution in [-0.2, 0) is 6.18 Å². The third kappa shape index (κ3) is 3.58. The van der Waals surface area contributed by atoms with Crippen LogP contribution in [0.3, 0.4) is 0 Å². The van der Waals surface area contributed by atoms with Gasteiger partial charge in [0.1, 0.15) is 5.82 Å². The van der Waals surface area contributed by atoms with Crippen LogP contribution in [0, 0.1) is 11.7 Å². The number of hydrogen-bond donors (Lipinski definition) is 0. The van der Waals surface area contributed by atoms with Crippen LogP contribution >= 0.6 is 0 Å². The van der Waals surface area contributed by atoms with Crippen LogP contribution < -0.4 is 0 Å². The summed E-state index contributed by atoms with van der Waals surface area (Å²) < 4.78 is 50.7. The first-order valence-corrected chi connectivity index (χ1v) is 6.78. The number of ketones is 1. The summed E-state index contributed by atoms with van der Waals surface area (Å²) in [6, 6.07) is 2.41. The van der Waals surface area contributed by atoms with Gasteiger partial charge in [-0.05, 0) is 18.1 Å². The molecule has 1 fully saturated rings. The average Bonchev–Trinajstić information content (AvgIpc) is 2.38. The maximum atomic E-state index is 13.4. The van der Waals surface area contributed by atoms with Crippen molar-refractivity contribution in [3.05, 3.63) is 35.1 Å². The number of carbonyl (C=O) groups is 1. The number of carbonyl (C=O) groups excluding carboxylic acids is 1. The van der Waals surface area contributed by atoms with Crippen LogP contribution in [0.25, 0.3) is 0 Å². The zero-order chi connectivity index (χ0) is 14.8. The molecule has 0 aliphatic heterocycles. The van der Waals surface area contributed by atoms with Gasteiger partial charge < -0.3 is 0 Å². The number of Topliss-reactive ketones (excluding diaryl/α,β-unsaturated/α-hetero) is 1. The van der Waals surface area contributed by atoms with E-state index in [1.54, 1.807) is 0 Å². The van der Waals surface area contributed by atoms with Gasteiger partial charge >= 0.3 is 6.18 Å². The lowest BCUT2D eigenvalue weighted by molar-refractivity contribution is -0.140. The quantitative estimate of drug-likeness (QED) is 0.565. The van der Waals surface area contributed by atoms with E-state index in [0.717, 1.165) is 31.7 Å². The summed E-state index contributed by atoms with van der Waals surface area (Å²) in [5.74, 6) is -1.38. The largest absolute Gasteiger partial charge is 0.419 e. The summed E-state index contributed by atoms with van der Waals surface area (Å²) in [5, 5.41) is 0. The van der Waals surface area contributed by atoms with Crippen molar-refractivity contribution in [3.8, 4) is 0 Å². The Labute approximate surface area is 115 Å². The van der Waals surface area contributed by atoms with Crippen molar-refractivity contribution in [2.24, 2.45) is 5.92 Å². The molecular weight excluding hydrogens is 272 g/mol. The highest BCUT2D eigenvalue weighted by atomic mass is 19.4. The molecule has 0 bridgehead atoms. The molecule has 0 amide bonds. The molecule has 0 saturated heterocycles. The zero-order valence-corrected chi connectivity index (χ0v) is 11.0. The summed E-state index contributed by atoms with van der Waals surface area (Å²) in [6.07, 6.45) is 0.835. The van der Waals surface area contributed by atoms with Crippen LogP contribution in [0.15, 0.2) is 18.2 Å². The summed E-state index contributed by atoms with van der Waals surface area (Å²) in [5.41, 5.74) is -1.30. The SMILES string of the molecule is O=C(CC1CCCCC1)c1ccc(C(F)(F)F)c(F)c1. The molecule has 0 radical (unpaired) electrons. The molecule has 1 aliphatic rings. The second kappa shape index (κ2) is 5.94. The minimum atomic E-state index is -4.73. The highest BCUT2D eigenvalue weighted by Crippen LogP contribution is 2.32. The summed E-state index contributed by atoms with van der Waals surface area (Å²) in [6.45, 7) is 0. The standard InChI is InChI=1S/C15H16F4O/c16-13-9-11(6-7-12(13)15(17,18)19)14(20)8-10-4-2-1-3-5-10/h6-7,9-10H,1-5,8H2. The number of benzene rings is 1. The molecule has 0 atom stereocenters. The van der Waals surface area contributed by atoms with Gasteiger partial charge in [-0.3, -0.25) is 4.79 Å². The van der Waals surface area contributed by atoms with E-state index in [1.165, 1.54) is 6.42 Å². The van der Waals surface area contributed by atoms with Gasteiger partial charge in [-0.15, -0.1) is 0 Å². The topological polar surface area (TPSA) is 17.1 Å². The van der Waals surface area contributed by atoms with Gasteiger partial charge in [0.25, 0.3) is 0 Å². The second-order valence-corrected chi connectivity index (χ2v) is 5.32. The van der Waals surface area contributed by atoms with E-state index in [9.17, 15) is 22.4 Å². The minimum Gasteiger partial charge on any atom is -0.294 e. The molecule has 0 N–H and O–H groups in total. The first-order chi connectivity index (χ1) is 9.38. The molecule has 1 aliphatic carbocycles. The van der Waals surface area contributed by atoms with Crippen LogP contribution in [0.4, 0.5) is 17.6 Å². The summed E-state index contributed by atoms with van der Waals surface area (Å²) in [4.78, 5) is 12.0. The molecule has 0 aromatic heterocycles.